The maximum Gasteiger partial charge on any atom is 0.377 e. The molecule has 1 aromatic heterocycles. The number of hydrogen-bond acceptors (Lipinski definition) is 4. The van der Waals surface area contributed by atoms with E-state index >= 15 is 0 Å². The summed E-state index contributed by atoms with van der Waals surface area (Å²) in [5.74, 6) is -0.526. The van der Waals surface area contributed by atoms with E-state index in [0.29, 0.717) is 11.6 Å². The zero-order valence-electron chi connectivity index (χ0n) is 9.43. The van der Waals surface area contributed by atoms with E-state index in [0.717, 1.165) is 10.0 Å². The summed E-state index contributed by atoms with van der Waals surface area (Å²) in [6.45, 7) is 0.441. The highest BCUT2D eigenvalue weighted by molar-refractivity contribution is 9.10. The lowest BCUT2D eigenvalue weighted by Gasteiger charge is -2.04. The van der Waals surface area contributed by atoms with E-state index in [2.05, 4.69) is 30.7 Å². The summed E-state index contributed by atoms with van der Waals surface area (Å²) < 4.78 is 6.97. The average Bonchev–Trinajstić information content (AvgIpc) is 2.80. The number of carbonyl (C=O) groups is 1. The number of hydrogen-bond donors (Lipinski definition) is 0. The van der Waals surface area contributed by atoms with Crippen LogP contribution in [0.2, 0.25) is 5.02 Å². The van der Waals surface area contributed by atoms with Gasteiger partial charge in [-0.1, -0.05) is 33.6 Å². The minimum Gasteiger partial charge on any atom is -0.463 e. The van der Waals surface area contributed by atoms with Gasteiger partial charge in [0.25, 0.3) is 5.82 Å². The van der Waals surface area contributed by atoms with Gasteiger partial charge in [-0.05, 0) is 17.7 Å². The Bertz CT molecular complexity index is 585. The van der Waals surface area contributed by atoms with Gasteiger partial charge in [0.15, 0.2) is 0 Å². The number of esters is 1. The van der Waals surface area contributed by atoms with Crippen molar-refractivity contribution in [3.63, 3.8) is 0 Å². The molecule has 0 radical (unpaired) electrons. The summed E-state index contributed by atoms with van der Waals surface area (Å²) in [6.07, 6.45) is 1.46. The Labute approximate surface area is 117 Å². The van der Waals surface area contributed by atoms with Crippen molar-refractivity contribution in [1.29, 1.82) is 0 Å². The number of benzene rings is 1. The molecule has 2 rings (SSSR count). The Balaban J connectivity index is 2.18. The monoisotopic (exact) mass is 329 g/mol. The predicted molar refractivity (Wildman–Crippen MR) is 69.6 cm³/mol. The summed E-state index contributed by atoms with van der Waals surface area (Å²) in [5.41, 5.74) is 0.890. The molecule has 0 unspecified atom stereocenters. The first-order valence-electron chi connectivity index (χ1n) is 5.02. The smallest absolute Gasteiger partial charge is 0.377 e. The molecular formula is C11H9BrClN3O2. The molecule has 0 spiro atoms. The third-order valence-electron chi connectivity index (χ3n) is 2.25. The van der Waals surface area contributed by atoms with Crippen molar-refractivity contribution in [3.8, 4) is 0 Å². The van der Waals surface area contributed by atoms with Crippen molar-refractivity contribution in [1.82, 2.24) is 14.8 Å². The first kappa shape index (κ1) is 13.0. The van der Waals surface area contributed by atoms with Crippen LogP contribution in [0.5, 0.6) is 0 Å². The maximum atomic E-state index is 11.2. The number of aromatic nitrogens is 3. The van der Waals surface area contributed by atoms with Crippen LogP contribution in [0.25, 0.3) is 0 Å². The normalized spacial score (nSPS) is 10.4. The molecule has 1 heterocycles. The third-order valence-corrected chi connectivity index (χ3v) is 3.10. The van der Waals surface area contributed by atoms with Crippen LogP contribution in [-0.2, 0) is 11.3 Å². The first-order valence-corrected chi connectivity index (χ1v) is 6.19. The number of methoxy groups -OCH3 is 1. The molecule has 7 heteroatoms. The van der Waals surface area contributed by atoms with Crippen molar-refractivity contribution in [2.24, 2.45) is 0 Å². The fraction of sp³-hybridized carbons (Fsp3) is 0.182. The lowest BCUT2D eigenvalue weighted by atomic mass is 10.2. The van der Waals surface area contributed by atoms with Crippen LogP contribution < -0.4 is 0 Å². The van der Waals surface area contributed by atoms with Gasteiger partial charge < -0.3 is 4.74 Å². The van der Waals surface area contributed by atoms with Gasteiger partial charge in [0.1, 0.15) is 6.33 Å². The van der Waals surface area contributed by atoms with Crippen LogP contribution >= 0.6 is 27.5 Å². The van der Waals surface area contributed by atoms with Crippen LogP contribution in [0, 0.1) is 0 Å². The largest absolute Gasteiger partial charge is 0.463 e. The van der Waals surface area contributed by atoms with Crippen LogP contribution in [0.4, 0.5) is 0 Å². The van der Waals surface area contributed by atoms with Crippen LogP contribution in [0.3, 0.4) is 0 Å². The lowest BCUT2D eigenvalue weighted by molar-refractivity contribution is 0.0586. The number of ether oxygens (including phenoxy) is 1. The van der Waals surface area contributed by atoms with Crippen LogP contribution in [0.1, 0.15) is 16.2 Å². The van der Waals surface area contributed by atoms with Gasteiger partial charge in [-0.25, -0.2) is 14.5 Å². The van der Waals surface area contributed by atoms with Gasteiger partial charge in [0.05, 0.1) is 13.7 Å². The van der Waals surface area contributed by atoms with E-state index in [9.17, 15) is 4.79 Å². The van der Waals surface area contributed by atoms with Crippen molar-refractivity contribution in [2.75, 3.05) is 7.11 Å². The zero-order chi connectivity index (χ0) is 13.1. The van der Waals surface area contributed by atoms with Crippen molar-refractivity contribution in [2.45, 2.75) is 6.54 Å². The van der Waals surface area contributed by atoms with Crippen LogP contribution in [-0.4, -0.2) is 27.8 Å². The Morgan fingerprint density at radius 3 is 3.00 bits per heavy atom. The molecule has 94 valence electrons. The average molecular weight is 331 g/mol. The predicted octanol–water partition coefficient (Wildman–Crippen LogP) is 2.53. The molecule has 18 heavy (non-hydrogen) atoms. The van der Waals surface area contributed by atoms with Gasteiger partial charge in [-0.2, -0.15) is 0 Å². The lowest BCUT2D eigenvalue weighted by Crippen LogP contribution is -2.06. The van der Waals surface area contributed by atoms with E-state index in [-0.39, 0.29) is 5.82 Å². The molecule has 0 aliphatic heterocycles. The summed E-state index contributed by atoms with van der Waals surface area (Å²) in [5, 5.41) is 4.63. The van der Waals surface area contributed by atoms with Gasteiger partial charge in [-0.3, -0.25) is 0 Å². The second-order valence-corrected chi connectivity index (χ2v) is 4.82. The molecule has 0 aliphatic carbocycles. The van der Waals surface area contributed by atoms with Gasteiger partial charge in [-0.15, -0.1) is 5.10 Å². The molecule has 5 nitrogen and oxygen atoms in total. The molecule has 0 N–H and O–H groups in total. The molecule has 0 fully saturated rings. The van der Waals surface area contributed by atoms with Gasteiger partial charge in [0, 0.05) is 9.50 Å². The highest BCUT2D eigenvalue weighted by atomic mass is 79.9. The molecule has 0 amide bonds. The highest BCUT2D eigenvalue weighted by Gasteiger charge is 2.11. The Morgan fingerprint density at radius 1 is 1.56 bits per heavy atom. The molecular weight excluding hydrogens is 321 g/mol. The molecule has 0 aliphatic rings. The van der Waals surface area contributed by atoms with E-state index in [4.69, 9.17) is 11.6 Å². The molecule has 0 saturated heterocycles. The molecule has 0 atom stereocenters. The second-order valence-electron chi connectivity index (χ2n) is 3.49. The van der Waals surface area contributed by atoms with Crippen molar-refractivity contribution in [3.05, 3.63) is 45.4 Å². The van der Waals surface area contributed by atoms with E-state index < -0.39 is 5.97 Å². The van der Waals surface area contributed by atoms with E-state index in [1.165, 1.54) is 18.1 Å². The molecule has 0 saturated carbocycles. The number of nitrogens with zero attached hydrogens (tertiary/aromatic N) is 3. The summed E-state index contributed by atoms with van der Waals surface area (Å²) >= 11 is 9.43. The minimum atomic E-state index is -0.560. The van der Waals surface area contributed by atoms with Crippen molar-refractivity contribution >= 4 is 33.5 Å². The van der Waals surface area contributed by atoms with E-state index in [1.54, 1.807) is 6.07 Å². The van der Waals surface area contributed by atoms with Crippen LogP contribution in [0.15, 0.2) is 29.0 Å². The Hall–Kier alpha value is -1.40. The fourth-order valence-corrected chi connectivity index (χ4v) is 2.11. The molecule has 0 bridgehead atoms. The van der Waals surface area contributed by atoms with Gasteiger partial charge in [0.2, 0.25) is 0 Å². The zero-order valence-corrected chi connectivity index (χ0v) is 11.8. The number of halogens is 2. The SMILES string of the molecule is COC(=O)c1ncn(Cc2ccc(Br)cc2Cl)n1. The minimum absolute atomic E-state index is 0.0331. The number of rotatable bonds is 3. The highest BCUT2D eigenvalue weighted by Crippen LogP contribution is 2.21. The van der Waals surface area contributed by atoms with E-state index in [1.807, 2.05) is 12.1 Å². The quantitative estimate of drug-likeness (QED) is 0.812. The molecule has 1 aromatic carbocycles. The summed E-state index contributed by atoms with van der Waals surface area (Å²) in [4.78, 5) is 15.1. The Kier molecular flexibility index (Phi) is 3.98. The Morgan fingerprint density at radius 2 is 2.33 bits per heavy atom. The first-order chi connectivity index (χ1) is 8.60. The third kappa shape index (κ3) is 2.88. The maximum absolute atomic E-state index is 11.2. The van der Waals surface area contributed by atoms with Gasteiger partial charge >= 0.3 is 5.97 Å². The summed E-state index contributed by atoms with van der Waals surface area (Å²) in [6, 6.07) is 5.57. The topological polar surface area (TPSA) is 57.0 Å². The standard InChI is InChI=1S/C11H9BrClN3O2/c1-18-11(17)10-14-6-16(15-10)5-7-2-3-8(12)4-9(7)13/h2-4,6H,5H2,1H3. The fourth-order valence-electron chi connectivity index (χ4n) is 1.38. The summed E-state index contributed by atoms with van der Waals surface area (Å²) in [7, 11) is 1.29. The number of carbonyl (C=O) groups excluding carboxylic acids is 1. The molecule has 2 aromatic rings. The van der Waals surface area contributed by atoms with Crippen molar-refractivity contribution < 1.29 is 9.53 Å². The second kappa shape index (κ2) is 5.49.